The van der Waals surface area contributed by atoms with E-state index in [0.29, 0.717) is 18.2 Å². The van der Waals surface area contributed by atoms with Gasteiger partial charge >= 0.3 is 6.18 Å². The van der Waals surface area contributed by atoms with Gasteiger partial charge in [0.05, 0.1) is 11.3 Å². The first kappa shape index (κ1) is 15.2. The summed E-state index contributed by atoms with van der Waals surface area (Å²) in [6, 6.07) is 5.24. The molecule has 0 fully saturated rings. The molecule has 112 valence electrons. The number of rotatable bonds is 3. The van der Waals surface area contributed by atoms with Crippen molar-refractivity contribution in [3.63, 3.8) is 0 Å². The van der Waals surface area contributed by atoms with Gasteiger partial charge < -0.3 is 5.32 Å². The van der Waals surface area contributed by atoms with Crippen LogP contribution in [0.3, 0.4) is 0 Å². The normalized spacial score (nSPS) is 11.5. The maximum Gasteiger partial charge on any atom is 0.416 e. The van der Waals surface area contributed by atoms with Gasteiger partial charge in [-0.15, -0.1) is 0 Å². The van der Waals surface area contributed by atoms with Gasteiger partial charge in [0.25, 0.3) is 0 Å². The summed E-state index contributed by atoms with van der Waals surface area (Å²) in [7, 11) is 0. The van der Waals surface area contributed by atoms with Crippen molar-refractivity contribution in [2.75, 3.05) is 5.32 Å². The zero-order valence-electron chi connectivity index (χ0n) is 10.4. The van der Waals surface area contributed by atoms with Crippen LogP contribution in [0, 0.1) is 17.5 Å². The highest BCUT2D eigenvalue weighted by Crippen LogP contribution is 2.32. The molecule has 0 unspecified atom stereocenters. The Bertz CT molecular complexity index is 650. The molecule has 2 rings (SSSR count). The van der Waals surface area contributed by atoms with Crippen LogP contribution in [-0.2, 0) is 12.7 Å². The highest BCUT2D eigenvalue weighted by atomic mass is 19.4. The molecular weight excluding hydrogens is 296 g/mol. The first-order valence-corrected chi connectivity index (χ1v) is 5.82. The third-order valence-corrected chi connectivity index (χ3v) is 2.79. The van der Waals surface area contributed by atoms with Crippen molar-refractivity contribution in [2.24, 2.45) is 0 Å². The van der Waals surface area contributed by atoms with E-state index >= 15 is 0 Å². The van der Waals surface area contributed by atoms with Crippen LogP contribution in [0.2, 0.25) is 0 Å². The first-order chi connectivity index (χ1) is 9.79. The van der Waals surface area contributed by atoms with Crippen molar-refractivity contribution < 1.29 is 26.3 Å². The molecule has 0 atom stereocenters. The molecule has 0 radical (unpaired) electrons. The number of nitrogens with one attached hydrogen (secondary N) is 1. The monoisotopic (exact) mass is 305 g/mol. The van der Waals surface area contributed by atoms with Gasteiger partial charge in [-0.25, -0.2) is 13.2 Å². The summed E-state index contributed by atoms with van der Waals surface area (Å²) in [5, 5.41) is 2.33. The van der Waals surface area contributed by atoms with Crippen LogP contribution < -0.4 is 5.32 Å². The van der Waals surface area contributed by atoms with E-state index in [0.717, 1.165) is 6.07 Å². The maximum atomic E-state index is 13.4. The second-order valence-corrected chi connectivity index (χ2v) is 4.26. The summed E-state index contributed by atoms with van der Waals surface area (Å²) in [6.07, 6.45) is -4.62. The lowest BCUT2D eigenvalue weighted by Gasteiger charge is -2.12. The molecule has 0 aliphatic rings. The molecule has 7 heteroatoms. The molecule has 0 saturated carbocycles. The smallest absolute Gasteiger partial charge is 0.378 e. The molecule has 0 aromatic heterocycles. The van der Waals surface area contributed by atoms with Crippen LogP contribution in [0.15, 0.2) is 36.4 Å². The van der Waals surface area contributed by atoms with E-state index in [-0.39, 0.29) is 12.1 Å². The SMILES string of the molecule is Fc1ccc(C(F)(F)F)cc1NCc1cccc(F)c1F. The Labute approximate surface area is 116 Å². The number of hydrogen-bond donors (Lipinski definition) is 1. The Hall–Kier alpha value is -2.18. The number of benzene rings is 2. The van der Waals surface area contributed by atoms with Gasteiger partial charge in [0.15, 0.2) is 11.6 Å². The summed E-state index contributed by atoms with van der Waals surface area (Å²) in [4.78, 5) is 0. The van der Waals surface area contributed by atoms with Crippen LogP contribution in [0.1, 0.15) is 11.1 Å². The average Bonchev–Trinajstić information content (AvgIpc) is 2.40. The molecule has 1 N–H and O–H groups in total. The second kappa shape index (κ2) is 5.67. The molecular formula is C14H9F6N. The van der Waals surface area contributed by atoms with Crippen molar-refractivity contribution in [1.82, 2.24) is 0 Å². The van der Waals surface area contributed by atoms with Gasteiger partial charge in [0, 0.05) is 12.1 Å². The Morgan fingerprint density at radius 3 is 2.29 bits per heavy atom. The van der Waals surface area contributed by atoms with E-state index in [4.69, 9.17) is 0 Å². The summed E-state index contributed by atoms with van der Waals surface area (Å²) < 4.78 is 77.4. The van der Waals surface area contributed by atoms with E-state index in [2.05, 4.69) is 5.32 Å². The van der Waals surface area contributed by atoms with Crippen molar-refractivity contribution in [1.29, 1.82) is 0 Å². The van der Waals surface area contributed by atoms with E-state index < -0.39 is 34.9 Å². The Kier molecular flexibility index (Phi) is 4.11. The molecule has 21 heavy (non-hydrogen) atoms. The van der Waals surface area contributed by atoms with Crippen molar-refractivity contribution in [3.05, 3.63) is 65.0 Å². The van der Waals surface area contributed by atoms with E-state index in [1.165, 1.54) is 12.1 Å². The lowest BCUT2D eigenvalue weighted by Crippen LogP contribution is -2.09. The third kappa shape index (κ3) is 3.48. The van der Waals surface area contributed by atoms with Crippen LogP contribution >= 0.6 is 0 Å². The van der Waals surface area contributed by atoms with Gasteiger partial charge in [-0.2, -0.15) is 13.2 Å². The Balaban J connectivity index is 2.22. The van der Waals surface area contributed by atoms with E-state index in [1.54, 1.807) is 0 Å². The standard InChI is InChI=1S/C14H9F6N/c15-10-5-4-9(14(18,19)20)6-12(10)21-7-8-2-1-3-11(16)13(8)17/h1-6,21H,7H2. The second-order valence-electron chi connectivity index (χ2n) is 4.26. The maximum absolute atomic E-state index is 13.4. The number of hydrogen-bond acceptors (Lipinski definition) is 1. The summed E-state index contributed by atoms with van der Waals surface area (Å²) in [5.74, 6) is -3.13. The van der Waals surface area contributed by atoms with Crippen LogP contribution in [-0.4, -0.2) is 0 Å². The number of halogens is 6. The molecule has 2 aromatic carbocycles. The molecule has 0 bridgehead atoms. The highest BCUT2D eigenvalue weighted by Gasteiger charge is 2.31. The predicted octanol–water partition coefficient (Wildman–Crippen LogP) is 4.73. The Morgan fingerprint density at radius 1 is 0.905 bits per heavy atom. The predicted molar refractivity (Wildman–Crippen MR) is 65.1 cm³/mol. The highest BCUT2D eigenvalue weighted by molar-refractivity contribution is 5.48. The summed E-state index contributed by atoms with van der Waals surface area (Å²) in [6.45, 7) is -0.345. The number of anilines is 1. The van der Waals surface area contributed by atoms with Gasteiger partial charge in [0.1, 0.15) is 5.82 Å². The van der Waals surface area contributed by atoms with Gasteiger partial charge in [-0.1, -0.05) is 12.1 Å². The van der Waals surface area contributed by atoms with Crippen LogP contribution in [0.25, 0.3) is 0 Å². The molecule has 1 nitrogen and oxygen atoms in total. The zero-order valence-corrected chi connectivity index (χ0v) is 10.4. The van der Waals surface area contributed by atoms with Crippen molar-refractivity contribution in [3.8, 4) is 0 Å². The largest absolute Gasteiger partial charge is 0.416 e. The van der Waals surface area contributed by atoms with Crippen molar-refractivity contribution in [2.45, 2.75) is 12.7 Å². The fraction of sp³-hybridized carbons (Fsp3) is 0.143. The van der Waals surface area contributed by atoms with E-state index in [9.17, 15) is 26.3 Å². The summed E-state index contributed by atoms with van der Waals surface area (Å²) in [5.41, 5.74) is -1.59. The topological polar surface area (TPSA) is 12.0 Å². The van der Waals surface area contributed by atoms with E-state index in [1.807, 2.05) is 0 Å². The molecule has 0 aliphatic carbocycles. The number of alkyl halides is 3. The lowest BCUT2D eigenvalue weighted by molar-refractivity contribution is -0.137. The minimum absolute atomic E-state index is 0.119. The Morgan fingerprint density at radius 2 is 1.62 bits per heavy atom. The molecule has 2 aromatic rings. The molecule has 0 aliphatic heterocycles. The molecule has 0 saturated heterocycles. The summed E-state index contributed by atoms with van der Waals surface area (Å²) >= 11 is 0. The van der Waals surface area contributed by atoms with Gasteiger partial charge in [0.2, 0.25) is 0 Å². The first-order valence-electron chi connectivity index (χ1n) is 5.82. The lowest BCUT2D eigenvalue weighted by atomic mass is 10.1. The average molecular weight is 305 g/mol. The molecule has 0 spiro atoms. The minimum atomic E-state index is -4.62. The van der Waals surface area contributed by atoms with Crippen LogP contribution in [0.4, 0.5) is 32.0 Å². The molecule has 0 heterocycles. The van der Waals surface area contributed by atoms with Gasteiger partial charge in [-0.05, 0) is 24.3 Å². The van der Waals surface area contributed by atoms with Crippen LogP contribution in [0.5, 0.6) is 0 Å². The zero-order chi connectivity index (χ0) is 15.6. The quantitative estimate of drug-likeness (QED) is 0.808. The fourth-order valence-corrected chi connectivity index (χ4v) is 1.71. The third-order valence-electron chi connectivity index (χ3n) is 2.79. The minimum Gasteiger partial charge on any atom is -0.378 e. The van der Waals surface area contributed by atoms with Gasteiger partial charge in [-0.3, -0.25) is 0 Å². The van der Waals surface area contributed by atoms with Crippen molar-refractivity contribution >= 4 is 5.69 Å². The molecule has 0 amide bonds. The fourth-order valence-electron chi connectivity index (χ4n) is 1.71.